The van der Waals surface area contributed by atoms with Crippen molar-refractivity contribution in [2.75, 3.05) is 23.8 Å². The summed E-state index contributed by atoms with van der Waals surface area (Å²) in [5, 5.41) is 15.6. The Kier molecular flexibility index (Phi) is 4.90. The van der Waals surface area contributed by atoms with Crippen molar-refractivity contribution in [3.05, 3.63) is 58.7 Å². The molecule has 2 atom stereocenters. The molecular formula is C21H22F3N3O2. The Morgan fingerprint density at radius 3 is 2.76 bits per heavy atom. The number of rotatable bonds is 2. The maximum absolute atomic E-state index is 13.1. The molecule has 8 heteroatoms. The van der Waals surface area contributed by atoms with Crippen molar-refractivity contribution >= 4 is 17.4 Å². The van der Waals surface area contributed by atoms with E-state index in [-0.39, 0.29) is 6.04 Å². The lowest BCUT2D eigenvalue weighted by atomic mass is 9.95. The summed E-state index contributed by atoms with van der Waals surface area (Å²) in [5.41, 5.74) is 3.02. The lowest BCUT2D eigenvalue weighted by Crippen LogP contribution is -2.38. The summed E-state index contributed by atoms with van der Waals surface area (Å²) in [6, 6.07) is 8.37. The number of carbonyl (C=O) groups excluding carboxylic acids is 1. The summed E-state index contributed by atoms with van der Waals surface area (Å²) >= 11 is 0. The number of hydrogen-bond acceptors (Lipinski definition) is 3. The number of hydrogen-bond donors (Lipinski definition) is 3. The number of amides is 2. The molecule has 1 aliphatic heterocycles. The fourth-order valence-electron chi connectivity index (χ4n) is 4.16. The first-order chi connectivity index (χ1) is 13.7. The van der Waals surface area contributed by atoms with E-state index in [9.17, 15) is 23.1 Å². The lowest BCUT2D eigenvalue weighted by Gasteiger charge is -2.34. The second-order valence-corrected chi connectivity index (χ2v) is 7.64. The quantitative estimate of drug-likeness (QED) is 0.711. The molecule has 29 heavy (non-hydrogen) atoms. The van der Waals surface area contributed by atoms with Gasteiger partial charge in [0.2, 0.25) is 0 Å². The topological polar surface area (TPSA) is 64.6 Å². The van der Waals surface area contributed by atoms with E-state index in [0.29, 0.717) is 42.7 Å². The fourth-order valence-corrected chi connectivity index (χ4v) is 4.16. The number of nitrogens with one attached hydrogen (secondary N) is 2. The Balaban J connectivity index is 1.52. The lowest BCUT2D eigenvalue weighted by molar-refractivity contribution is -0.137. The van der Waals surface area contributed by atoms with Crippen LogP contribution in [0.1, 0.15) is 34.7 Å². The van der Waals surface area contributed by atoms with Crippen molar-refractivity contribution in [3.8, 4) is 0 Å². The SMILES string of the molecule is CN1CC[C@@H](NC(=O)Nc2cccc3c2C[C@H](O)C3)c2ccc(C(F)(F)F)cc21. The van der Waals surface area contributed by atoms with Gasteiger partial charge in [0, 0.05) is 31.4 Å². The Labute approximate surface area is 166 Å². The number of fused-ring (bicyclic) bond motifs is 2. The van der Waals surface area contributed by atoms with Gasteiger partial charge >= 0.3 is 12.2 Å². The van der Waals surface area contributed by atoms with E-state index in [4.69, 9.17) is 0 Å². The summed E-state index contributed by atoms with van der Waals surface area (Å²) in [6.45, 7) is 0.534. The molecule has 2 aromatic carbocycles. The molecule has 1 heterocycles. The third-order valence-corrected chi connectivity index (χ3v) is 5.62. The van der Waals surface area contributed by atoms with Gasteiger partial charge in [-0.1, -0.05) is 18.2 Å². The molecule has 0 spiro atoms. The number of halogens is 3. The van der Waals surface area contributed by atoms with Crippen molar-refractivity contribution < 1.29 is 23.1 Å². The second kappa shape index (κ2) is 7.26. The number of aliphatic hydroxyl groups excluding tert-OH is 1. The van der Waals surface area contributed by atoms with Gasteiger partial charge in [0.25, 0.3) is 0 Å². The van der Waals surface area contributed by atoms with Crippen molar-refractivity contribution in [1.82, 2.24) is 5.32 Å². The molecule has 0 radical (unpaired) electrons. The summed E-state index contributed by atoms with van der Waals surface area (Å²) in [7, 11) is 1.74. The van der Waals surface area contributed by atoms with Crippen LogP contribution in [0.5, 0.6) is 0 Å². The van der Waals surface area contributed by atoms with E-state index in [1.54, 1.807) is 18.0 Å². The zero-order valence-corrected chi connectivity index (χ0v) is 15.9. The average Bonchev–Trinajstić information content (AvgIpc) is 3.04. The van der Waals surface area contributed by atoms with E-state index in [1.165, 1.54) is 6.07 Å². The van der Waals surface area contributed by atoms with Gasteiger partial charge in [-0.05, 0) is 47.7 Å². The second-order valence-electron chi connectivity index (χ2n) is 7.64. The molecule has 0 saturated carbocycles. The maximum atomic E-state index is 13.1. The average molecular weight is 405 g/mol. The van der Waals surface area contributed by atoms with Crippen LogP contribution in [0.25, 0.3) is 0 Å². The van der Waals surface area contributed by atoms with Crippen LogP contribution in [-0.4, -0.2) is 30.8 Å². The third-order valence-electron chi connectivity index (χ3n) is 5.62. The van der Waals surface area contributed by atoms with Gasteiger partial charge in [0.15, 0.2) is 0 Å². The van der Waals surface area contributed by atoms with Gasteiger partial charge in [0.1, 0.15) is 0 Å². The minimum absolute atomic E-state index is 0.383. The Bertz CT molecular complexity index is 945. The first-order valence-electron chi connectivity index (χ1n) is 9.51. The molecule has 5 nitrogen and oxygen atoms in total. The molecule has 4 rings (SSSR count). The van der Waals surface area contributed by atoms with Gasteiger partial charge in [0.05, 0.1) is 17.7 Å². The molecule has 0 fully saturated rings. The number of benzene rings is 2. The third kappa shape index (κ3) is 3.89. The normalized spacial score (nSPS) is 20.8. The van der Waals surface area contributed by atoms with Crippen LogP contribution in [0.3, 0.4) is 0 Å². The van der Waals surface area contributed by atoms with Crippen LogP contribution in [-0.2, 0) is 19.0 Å². The smallest absolute Gasteiger partial charge is 0.392 e. The molecule has 2 aromatic rings. The number of nitrogens with zero attached hydrogens (tertiary/aromatic N) is 1. The largest absolute Gasteiger partial charge is 0.416 e. The van der Waals surface area contributed by atoms with E-state index >= 15 is 0 Å². The molecular weight excluding hydrogens is 383 g/mol. The Morgan fingerprint density at radius 1 is 1.21 bits per heavy atom. The van der Waals surface area contributed by atoms with Gasteiger partial charge in [-0.15, -0.1) is 0 Å². The summed E-state index contributed by atoms with van der Waals surface area (Å²) < 4.78 is 39.2. The summed E-state index contributed by atoms with van der Waals surface area (Å²) in [6.07, 6.45) is -3.21. The highest BCUT2D eigenvalue weighted by atomic mass is 19.4. The van der Waals surface area contributed by atoms with E-state index < -0.39 is 23.9 Å². The van der Waals surface area contributed by atoms with E-state index in [1.807, 2.05) is 12.1 Å². The molecule has 0 aromatic heterocycles. The number of carbonyl (C=O) groups is 1. The standard InChI is InChI=1S/C21H22F3N3O2/c1-27-8-7-18(15-6-5-13(10-19(15)27)21(22,23)24)26-20(29)25-17-4-2-3-12-9-14(28)11-16(12)17/h2-6,10,14,18,28H,7-9,11H2,1H3,(H2,25,26,29)/t14-,18-/m1/s1. The van der Waals surface area contributed by atoms with Crippen molar-refractivity contribution in [3.63, 3.8) is 0 Å². The van der Waals surface area contributed by atoms with Crippen molar-refractivity contribution in [1.29, 1.82) is 0 Å². The van der Waals surface area contributed by atoms with Gasteiger partial charge in [-0.2, -0.15) is 13.2 Å². The zero-order chi connectivity index (χ0) is 20.8. The van der Waals surface area contributed by atoms with Crippen LogP contribution in [0, 0.1) is 0 Å². The number of aliphatic hydroxyl groups is 1. The van der Waals surface area contributed by atoms with Crippen LogP contribution in [0.4, 0.5) is 29.3 Å². The Morgan fingerprint density at radius 2 is 2.00 bits per heavy atom. The number of urea groups is 1. The Hall–Kier alpha value is -2.74. The highest BCUT2D eigenvalue weighted by Gasteiger charge is 2.33. The van der Waals surface area contributed by atoms with Gasteiger partial charge in [-0.25, -0.2) is 4.79 Å². The molecule has 0 saturated heterocycles. The van der Waals surface area contributed by atoms with Crippen LogP contribution in [0.15, 0.2) is 36.4 Å². The molecule has 0 unspecified atom stereocenters. The van der Waals surface area contributed by atoms with Gasteiger partial charge in [-0.3, -0.25) is 0 Å². The molecule has 0 bridgehead atoms. The molecule has 3 N–H and O–H groups in total. The minimum Gasteiger partial charge on any atom is -0.392 e. The molecule has 2 aliphatic rings. The number of alkyl halides is 3. The first kappa shape index (κ1) is 19.6. The van der Waals surface area contributed by atoms with Crippen LogP contribution >= 0.6 is 0 Å². The minimum atomic E-state index is -4.41. The predicted octanol–water partition coefficient (Wildman–Crippen LogP) is 3.87. The van der Waals surface area contributed by atoms with Crippen molar-refractivity contribution in [2.45, 2.75) is 37.6 Å². The van der Waals surface area contributed by atoms with E-state index in [2.05, 4.69) is 10.6 Å². The van der Waals surface area contributed by atoms with Crippen LogP contribution < -0.4 is 15.5 Å². The molecule has 154 valence electrons. The van der Waals surface area contributed by atoms with Crippen LogP contribution in [0.2, 0.25) is 0 Å². The number of anilines is 2. The molecule has 1 aliphatic carbocycles. The fraction of sp³-hybridized carbons (Fsp3) is 0.381. The van der Waals surface area contributed by atoms with Gasteiger partial charge < -0.3 is 20.6 Å². The monoisotopic (exact) mass is 405 g/mol. The van der Waals surface area contributed by atoms with Crippen molar-refractivity contribution in [2.24, 2.45) is 0 Å². The predicted molar refractivity (Wildman–Crippen MR) is 104 cm³/mol. The first-order valence-corrected chi connectivity index (χ1v) is 9.51. The highest BCUT2D eigenvalue weighted by Crippen LogP contribution is 2.38. The maximum Gasteiger partial charge on any atom is 0.416 e. The highest BCUT2D eigenvalue weighted by molar-refractivity contribution is 5.91. The van der Waals surface area contributed by atoms with E-state index in [0.717, 1.165) is 23.3 Å². The summed E-state index contributed by atoms with van der Waals surface area (Å²) in [4.78, 5) is 14.4. The summed E-state index contributed by atoms with van der Waals surface area (Å²) in [5.74, 6) is 0. The zero-order valence-electron chi connectivity index (χ0n) is 15.9. The molecule has 2 amide bonds.